The van der Waals surface area contributed by atoms with Gasteiger partial charge in [-0.3, -0.25) is 4.79 Å². The molecule has 0 unspecified atom stereocenters. The van der Waals surface area contributed by atoms with Crippen molar-refractivity contribution in [2.45, 2.75) is 13.5 Å². The van der Waals surface area contributed by atoms with Crippen molar-refractivity contribution < 1.29 is 14.3 Å². The fourth-order valence-corrected chi connectivity index (χ4v) is 2.26. The molecule has 0 spiro atoms. The van der Waals surface area contributed by atoms with Crippen molar-refractivity contribution >= 4 is 28.9 Å². The summed E-state index contributed by atoms with van der Waals surface area (Å²) in [5.41, 5.74) is 6.80. The smallest absolute Gasteiger partial charge is 0.338 e. The minimum absolute atomic E-state index is 0.310. The Labute approximate surface area is 125 Å². The van der Waals surface area contributed by atoms with E-state index in [0.717, 1.165) is 0 Å². The number of nitrogens with two attached hydrogens (primary N) is 1. The van der Waals surface area contributed by atoms with Gasteiger partial charge in [-0.1, -0.05) is 0 Å². The first-order valence-electron chi connectivity index (χ1n) is 6.37. The van der Waals surface area contributed by atoms with Gasteiger partial charge in [-0.2, -0.15) is 0 Å². The number of ether oxygens (including phenoxy) is 1. The van der Waals surface area contributed by atoms with Crippen LogP contribution in [0.4, 0.5) is 5.69 Å². The first kappa shape index (κ1) is 15.1. The van der Waals surface area contributed by atoms with Gasteiger partial charge < -0.3 is 15.8 Å². The van der Waals surface area contributed by atoms with Crippen molar-refractivity contribution in [3.8, 4) is 0 Å². The molecule has 1 heterocycles. The van der Waals surface area contributed by atoms with Gasteiger partial charge in [0.25, 0.3) is 5.91 Å². The zero-order chi connectivity index (χ0) is 15.2. The van der Waals surface area contributed by atoms with Crippen LogP contribution in [0.3, 0.4) is 0 Å². The SMILES string of the molecule is CCOC(=O)c1ccc(NC(=O)c2csc(CN)n2)cc1. The highest BCUT2D eigenvalue weighted by atomic mass is 32.1. The molecule has 0 fully saturated rings. The number of hydrogen-bond donors (Lipinski definition) is 2. The van der Waals surface area contributed by atoms with Crippen LogP contribution in [-0.4, -0.2) is 23.5 Å². The summed E-state index contributed by atoms with van der Waals surface area (Å²) < 4.78 is 4.89. The second kappa shape index (κ2) is 6.96. The molecule has 0 aliphatic carbocycles. The van der Waals surface area contributed by atoms with Crippen molar-refractivity contribution in [2.24, 2.45) is 5.73 Å². The third-order valence-corrected chi connectivity index (χ3v) is 3.48. The zero-order valence-electron chi connectivity index (χ0n) is 11.5. The van der Waals surface area contributed by atoms with Gasteiger partial charge in [-0.15, -0.1) is 11.3 Å². The number of carbonyl (C=O) groups excluding carboxylic acids is 2. The Morgan fingerprint density at radius 2 is 2.05 bits per heavy atom. The molecule has 1 amide bonds. The van der Waals surface area contributed by atoms with Gasteiger partial charge in [0.1, 0.15) is 10.7 Å². The van der Waals surface area contributed by atoms with Gasteiger partial charge in [0, 0.05) is 17.6 Å². The second-order valence-electron chi connectivity index (χ2n) is 4.08. The highest BCUT2D eigenvalue weighted by molar-refractivity contribution is 7.09. The average molecular weight is 305 g/mol. The maximum absolute atomic E-state index is 12.0. The van der Waals surface area contributed by atoms with Crippen LogP contribution in [0.25, 0.3) is 0 Å². The summed E-state index contributed by atoms with van der Waals surface area (Å²) in [5, 5.41) is 5.07. The Balaban J connectivity index is 2.02. The number of anilines is 1. The number of amides is 1. The predicted octanol–water partition coefficient (Wildman–Crippen LogP) is 2.03. The van der Waals surface area contributed by atoms with Gasteiger partial charge in [0.05, 0.1) is 12.2 Å². The monoisotopic (exact) mass is 305 g/mol. The molecule has 0 bridgehead atoms. The van der Waals surface area contributed by atoms with E-state index in [1.807, 2.05) is 0 Å². The molecule has 0 aliphatic rings. The number of benzene rings is 1. The lowest BCUT2D eigenvalue weighted by molar-refractivity contribution is 0.0526. The number of nitrogens with one attached hydrogen (secondary N) is 1. The van der Waals surface area contributed by atoms with E-state index in [2.05, 4.69) is 10.3 Å². The van der Waals surface area contributed by atoms with Crippen LogP contribution in [0, 0.1) is 0 Å². The lowest BCUT2D eigenvalue weighted by atomic mass is 10.2. The maximum Gasteiger partial charge on any atom is 0.338 e. The van der Waals surface area contributed by atoms with Crippen molar-refractivity contribution in [2.75, 3.05) is 11.9 Å². The number of nitrogens with zero attached hydrogens (tertiary/aromatic N) is 1. The molecule has 0 atom stereocenters. The first-order chi connectivity index (χ1) is 10.1. The number of aromatic nitrogens is 1. The van der Waals surface area contributed by atoms with Crippen molar-refractivity contribution in [1.29, 1.82) is 0 Å². The number of esters is 1. The van der Waals surface area contributed by atoms with E-state index in [4.69, 9.17) is 10.5 Å². The van der Waals surface area contributed by atoms with Crippen LogP contribution in [0.15, 0.2) is 29.6 Å². The van der Waals surface area contributed by atoms with Crippen molar-refractivity contribution in [3.63, 3.8) is 0 Å². The quantitative estimate of drug-likeness (QED) is 0.824. The largest absolute Gasteiger partial charge is 0.462 e. The molecule has 21 heavy (non-hydrogen) atoms. The number of hydrogen-bond acceptors (Lipinski definition) is 6. The summed E-state index contributed by atoms with van der Waals surface area (Å²) in [5.74, 6) is -0.697. The lowest BCUT2D eigenvalue weighted by Crippen LogP contribution is -2.13. The molecular weight excluding hydrogens is 290 g/mol. The zero-order valence-corrected chi connectivity index (χ0v) is 12.3. The van der Waals surface area contributed by atoms with Crippen LogP contribution in [0.2, 0.25) is 0 Å². The molecule has 0 saturated heterocycles. The standard InChI is InChI=1S/C14H15N3O3S/c1-2-20-14(19)9-3-5-10(6-4-9)16-13(18)11-8-21-12(7-15)17-11/h3-6,8H,2,7,15H2,1H3,(H,16,18). The number of rotatable bonds is 5. The Kier molecular flexibility index (Phi) is 5.02. The van der Waals surface area contributed by atoms with E-state index in [0.29, 0.717) is 35.1 Å². The maximum atomic E-state index is 12.0. The van der Waals surface area contributed by atoms with E-state index >= 15 is 0 Å². The Morgan fingerprint density at radius 1 is 1.33 bits per heavy atom. The summed E-state index contributed by atoms with van der Waals surface area (Å²) in [7, 11) is 0. The number of carbonyl (C=O) groups is 2. The molecule has 2 aromatic rings. The highest BCUT2D eigenvalue weighted by Gasteiger charge is 2.11. The number of thiazole rings is 1. The van der Waals surface area contributed by atoms with Crippen LogP contribution in [0.1, 0.15) is 32.8 Å². The minimum Gasteiger partial charge on any atom is -0.462 e. The molecule has 3 N–H and O–H groups in total. The minimum atomic E-state index is -0.387. The fourth-order valence-electron chi connectivity index (χ4n) is 1.61. The average Bonchev–Trinajstić information content (AvgIpc) is 2.97. The second-order valence-corrected chi connectivity index (χ2v) is 5.03. The summed E-state index contributed by atoms with van der Waals surface area (Å²) >= 11 is 1.34. The van der Waals surface area contributed by atoms with E-state index in [1.54, 1.807) is 36.6 Å². The third-order valence-electron chi connectivity index (χ3n) is 2.61. The van der Waals surface area contributed by atoms with Gasteiger partial charge in [0.2, 0.25) is 0 Å². The third kappa shape index (κ3) is 3.87. The van der Waals surface area contributed by atoms with Crippen LogP contribution < -0.4 is 11.1 Å². The van der Waals surface area contributed by atoms with E-state index < -0.39 is 0 Å². The van der Waals surface area contributed by atoms with E-state index in [-0.39, 0.29) is 11.9 Å². The topological polar surface area (TPSA) is 94.3 Å². The van der Waals surface area contributed by atoms with Gasteiger partial charge in [-0.25, -0.2) is 9.78 Å². The Bertz CT molecular complexity index is 637. The van der Waals surface area contributed by atoms with Crippen LogP contribution >= 0.6 is 11.3 Å². The summed E-state index contributed by atoms with van der Waals surface area (Å²) in [4.78, 5) is 27.6. The molecule has 2 rings (SSSR count). The van der Waals surface area contributed by atoms with Crippen LogP contribution in [0.5, 0.6) is 0 Å². The summed E-state index contributed by atoms with van der Waals surface area (Å²) in [6.07, 6.45) is 0. The van der Waals surface area contributed by atoms with Gasteiger partial charge in [0.15, 0.2) is 0 Å². The van der Waals surface area contributed by atoms with Gasteiger partial charge in [-0.05, 0) is 31.2 Å². The predicted molar refractivity (Wildman–Crippen MR) is 80.4 cm³/mol. The van der Waals surface area contributed by atoms with E-state index in [1.165, 1.54) is 11.3 Å². The molecule has 0 aliphatic heterocycles. The Morgan fingerprint density at radius 3 is 2.62 bits per heavy atom. The van der Waals surface area contributed by atoms with Crippen molar-refractivity contribution in [3.05, 3.63) is 45.9 Å². The molecule has 110 valence electrons. The lowest BCUT2D eigenvalue weighted by Gasteiger charge is -2.05. The Hall–Kier alpha value is -2.25. The molecule has 0 saturated carbocycles. The van der Waals surface area contributed by atoms with Crippen molar-refractivity contribution in [1.82, 2.24) is 4.98 Å². The molecule has 1 aromatic carbocycles. The fraction of sp³-hybridized carbons (Fsp3) is 0.214. The normalized spacial score (nSPS) is 10.2. The summed E-state index contributed by atoms with van der Waals surface area (Å²) in [6.45, 7) is 2.38. The van der Waals surface area contributed by atoms with Crippen LogP contribution in [-0.2, 0) is 11.3 Å². The molecule has 1 aromatic heterocycles. The molecule has 6 nitrogen and oxygen atoms in total. The molecular formula is C14H15N3O3S. The summed E-state index contributed by atoms with van der Waals surface area (Å²) in [6, 6.07) is 6.47. The van der Waals surface area contributed by atoms with E-state index in [9.17, 15) is 9.59 Å². The molecule has 7 heteroatoms. The van der Waals surface area contributed by atoms with Gasteiger partial charge >= 0.3 is 5.97 Å². The highest BCUT2D eigenvalue weighted by Crippen LogP contribution is 2.14. The molecule has 0 radical (unpaired) electrons. The first-order valence-corrected chi connectivity index (χ1v) is 7.25.